The molecule has 0 aliphatic heterocycles. The van der Waals surface area contributed by atoms with Gasteiger partial charge in [0.2, 0.25) is 21.8 Å². The van der Waals surface area contributed by atoms with Crippen molar-refractivity contribution in [2.24, 2.45) is 0 Å². The zero-order valence-corrected chi connectivity index (χ0v) is 23.2. The van der Waals surface area contributed by atoms with Gasteiger partial charge in [-0.05, 0) is 62.1 Å². The van der Waals surface area contributed by atoms with Crippen molar-refractivity contribution >= 4 is 39.1 Å². The molecule has 0 fully saturated rings. The summed E-state index contributed by atoms with van der Waals surface area (Å²) in [6.45, 7) is 6.31. The molecule has 10 heteroatoms. The number of methoxy groups -OCH3 is 1. The van der Waals surface area contributed by atoms with Crippen LogP contribution < -0.4 is 14.4 Å². The first-order valence-electron chi connectivity index (χ1n) is 11.9. The number of hydrogen-bond donors (Lipinski definition) is 1. The molecule has 36 heavy (non-hydrogen) atoms. The van der Waals surface area contributed by atoms with Crippen LogP contribution in [0, 0.1) is 6.92 Å². The molecule has 2 aromatic rings. The highest BCUT2D eigenvalue weighted by molar-refractivity contribution is 7.92. The maximum absolute atomic E-state index is 13.3. The summed E-state index contributed by atoms with van der Waals surface area (Å²) >= 11 is 6.11. The van der Waals surface area contributed by atoms with Crippen LogP contribution in [0.4, 0.5) is 5.69 Å². The molecule has 0 saturated carbocycles. The van der Waals surface area contributed by atoms with Crippen molar-refractivity contribution in [1.82, 2.24) is 10.2 Å². The Balaban J connectivity index is 2.21. The molecule has 0 unspecified atom stereocenters. The fourth-order valence-corrected chi connectivity index (χ4v) is 4.96. The number of sulfonamides is 1. The lowest BCUT2D eigenvalue weighted by Crippen LogP contribution is -2.47. The molecule has 0 aliphatic carbocycles. The number of nitrogens with zero attached hydrogens (tertiary/aromatic N) is 2. The van der Waals surface area contributed by atoms with E-state index in [9.17, 15) is 18.0 Å². The van der Waals surface area contributed by atoms with Crippen molar-refractivity contribution in [1.29, 1.82) is 0 Å². The Morgan fingerprint density at radius 2 is 1.89 bits per heavy atom. The van der Waals surface area contributed by atoms with Crippen LogP contribution in [-0.2, 0) is 26.2 Å². The van der Waals surface area contributed by atoms with Crippen LogP contribution in [0.5, 0.6) is 5.75 Å². The second kappa shape index (κ2) is 13.5. The summed E-state index contributed by atoms with van der Waals surface area (Å²) < 4.78 is 31.6. The average Bonchev–Trinajstić information content (AvgIpc) is 2.84. The van der Waals surface area contributed by atoms with E-state index < -0.39 is 16.1 Å². The molecule has 2 rings (SSSR count). The standard InChI is InChI=1S/C26H36ClN3O5S/c1-6-14-28-26(32)20(3)29(18-21-9-7-10-23(16-21)35-4)25(31)11-8-15-30(36(5,33)34)24-17-22(27)13-12-19(24)2/h7,9-10,12-13,16-17,20H,6,8,11,14-15,18H2,1-5H3,(H,28,32)/t20-/m0/s1. The smallest absolute Gasteiger partial charge is 0.242 e. The van der Waals surface area contributed by atoms with Crippen molar-refractivity contribution in [2.75, 3.05) is 30.8 Å². The van der Waals surface area contributed by atoms with Gasteiger partial charge >= 0.3 is 0 Å². The van der Waals surface area contributed by atoms with Crippen molar-refractivity contribution < 1.29 is 22.7 Å². The van der Waals surface area contributed by atoms with E-state index in [1.165, 1.54) is 9.21 Å². The number of ether oxygens (including phenoxy) is 1. The van der Waals surface area contributed by atoms with Gasteiger partial charge in [-0.3, -0.25) is 13.9 Å². The summed E-state index contributed by atoms with van der Waals surface area (Å²) in [5.74, 6) is 0.178. The molecule has 0 aliphatic rings. The largest absolute Gasteiger partial charge is 0.497 e. The molecule has 0 aromatic heterocycles. The van der Waals surface area contributed by atoms with Gasteiger partial charge in [-0.1, -0.05) is 36.7 Å². The maximum Gasteiger partial charge on any atom is 0.242 e. The third kappa shape index (κ3) is 8.41. The Labute approximate surface area is 219 Å². The number of rotatable bonds is 13. The topological polar surface area (TPSA) is 96.0 Å². The second-order valence-electron chi connectivity index (χ2n) is 8.71. The molecule has 1 N–H and O–H groups in total. The molecule has 0 saturated heterocycles. The minimum absolute atomic E-state index is 0.0704. The number of nitrogens with one attached hydrogen (secondary N) is 1. The van der Waals surface area contributed by atoms with Gasteiger partial charge in [0.25, 0.3) is 0 Å². The monoisotopic (exact) mass is 537 g/mol. The van der Waals surface area contributed by atoms with E-state index in [2.05, 4.69) is 5.32 Å². The molecular formula is C26H36ClN3O5S. The van der Waals surface area contributed by atoms with Crippen LogP contribution in [0.15, 0.2) is 42.5 Å². The Hall–Kier alpha value is -2.78. The SMILES string of the molecule is CCCNC(=O)[C@H](C)N(Cc1cccc(OC)c1)C(=O)CCCN(c1cc(Cl)ccc1C)S(C)(=O)=O. The van der Waals surface area contributed by atoms with Gasteiger partial charge in [-0.25, -0.2) is 8.42 Å². The lowest BCUT2D eigenvalue weighted by Gasteiger charge is -2.29. The Morgan fingerprint density at radius 3 is 2.53 bits per heavy atom. The summed E-state index contributed by atoms with van der Waals surface area (Å²) in [4.78, 5) is 27.6. The highest BCUT2D eigenvalue weighted by Crippen LogP contribution is 2.27. The van der Waals surface area contributed by atoms with Crippen LogP contribution in [0.2, 0.25) is 5.02 Å². The van der Waals surface area contributed by atoms with E-state index in [1.807, 2.05) is 38.1 Å². The van der Waals surface area contributed by atoms with Crippen molar-refractivity contribution in [2.45, 2.75) is 52.6 Å². The van der Waals surface area contributed by atoms with Gasteiger partial charge in [0.05, 0.1) is 19.1 Å². The number of benzene rings is 2. The van der Waals surface area contributed by atoms with E-state index in [0.29, 0.717) is 23.0 Å². The van der Waals surface area contributed by atoms with Gasteiger partial charge in [0.1, 0.15) is 11.8 Å². The number of halogens is 1. The van der Waals surface area contributed by atoms with Crippen molar-refractivity contribution in [3.8, 4) is 5.75 Å². The highest BCUT2D eigenvalue weighted by Gasteiger charge is 2.27. The summed E-state index contributed by atoms with van der Waals surface area (Å²) in [6.07, 6.45) is 2.26. The van der Waals surface area contributed by atoms with Crippen LogP contribution in [-0.4, -0.2) is 57.6 Å². The Morgan fingerprint density at radius 1 is 1.17 bits per heavy atom. The minimum Gasteiger partial charge on any atom is -0.497 e. The van der Waals surface area contributed by atoms with Gasteiger partial charge in [-0.2, -0.15) is 0 Å². The number of aryl methyl sites for hydroxylation is 1. The summed E-state index contributed by atoms with van der Waals surface area (Å²) in [7, 11) is -2.03. The molecule has 0 heterocycles. The first kappa shape index (κ1) is 29.5. The average molecular weight is 538 g/mol. The van der Waals surface area contributed by atoms with Gasteiger partial charge in [0, 0.05) is 31.1 Å². The van der Waals surface area contributed by atoms with Crippen LogP contribution >= 0.6 is 11.6 Å². The molecule has 198 valence electrons. The zero-order valence-electron chi connectivity index (χ0n) is 21.6. The quantitative estimate of drug-likeness (QED) is 0.414. The third-order valence-electron chi connectivity index (χ3n) is 5.80. The fraction of sp³-hybridized carbons (Fsp3) is 0.462. The van der Waals surface area contributed by atoms with E-state index in [-0.39, 0.29) is 37.7 Å². The second-order valence-corrected chi connectivity index (χ2v) is 11.1. The fourth-order valence-electron chi connectivity index (χ4n) is 3.78. The number of carbonyl (C=O) groups is 2. The Bertz CT molecular complexity index is 1160. The molecule has 8 nitrogen and oxygen atoms in total. The number of anilines is 1. The highest BCUT2D eigenvalue weighted by atomic mass is 35.5. The predicted molar refractivity (Wildman–Crippen MR) is 144 cm³/mol. The number of hydrogen-bond acceptors (Lipinski definition) is 5. The first-order chi connectivity index (χ1) is 17.0. The van der Waals surface area contributed by atoms with E-state index in [1.54, 1.807) is 32.2 Å². The van der Waals surface area contributed by atoms with E-state index >= 15 is 0 Å². The zero-order chi connectivity index (χ0) is 26.9. The number of amides is 2. The lowest BCUT2D eigenvalue weighted by molar-refractivity contribution is -0.140. The van der Waals surface area contributed by atoms with Crippen LogP contribution in [0.1, 0.15) is 44.2 Å². The summed E-state index contributed by atoms with van der Waals surface area (Å²) in [5.41, 5.74) is 2.07. The van der Waals surface area contributed by atoms with Crippen LogP contribution in [0.3, 0.4) is 0 Å². The molecule has 0 radical (unpaired) electrons. The Kier molecular flexibility index (Phi) is 11.0. The van der Waals surface area contributed by atoms with Gasteiger partial charge in [0.15, 0.2) is 0 Å². The normalized spacial score (nSPS) is 12.1. The van der Waals surface area contributed by atoms with Gasteiger partial charge in [-0.15, -0.1) is 0 Å². The van der Waals surface area contributed by atoms with Crippen molar-refractivity contribution in [3.63, 3.8) is 0 Å². The van der Waals surface area contributed by atoms with E-state index in [0.717, 1.165) is 23.8 Å². The first-order valence-corrected chi connectivity index (χ1v) is 14.1. The molecule has 0 bridgehead atoms. The molecular weight excluding hydrogens is 502 g/mol. The molecule has 0 spiro atoms. The number of carbonyl (C=O) groups excluding carboxylic acids is 2. The van der Waals surface area contributed by atoms with Crippen LogP contribution in [0.25, 0.3) is 0 Å². The maximum atomic E-state index is 13.3. The summed E-state index contributed by atoms with van der Waals surface area (Å²) in [5, 5.41) is 3.27. The van der Waals surface area contributed by atoms with Gasteiger partial charge < -0.3 is 15.0 Å². The summed E-state index contributed by atoms with van der Waals surface area (Å²) in [6, 6.07) is 11.7. The van der Waals surface area contributed by atoms with Crippen molar-refractivity contribution in [3.05, 3.63) is 58.6 Å². The van der Waals surface area contributed by atoms with E-state index in [4.69, 9.17) is 16.3 Å². The lowest BCUT2D eigenvalue weighted by atomic mass is 10.1. The minimum atomic E-state index is -3.60. The molecule has 1 atom stereocenters. The molecule has 2 amide bonds. The third-order valence-corrected chi connectivity index (χ3v) is 7.21. The molecule has 2 aromatic carbocycles. The predicted octanol–water partition coefficient (Wildman–Crippen LogP) is 4.15.